The predicted octanol–water partition coefficient (Wildman–Crippen LogP) is 5.27. The number of nitro groups is 1. The highest BCUT2D eigenvalue weighted by Gasteiger charge is 2.34. The Hall–Kier alpha value is -3.40. The first kappa shape index (κ1) is 24.9. The third-order valence-electron chi connectivity index (χ3n) is 3.89. The molecule has 0 spiro atoms. The average Bonchev–Trinajstić information content (AvgIpc) is 2.73. The summed E-state index contributed by atoms with van der Waals surface area (Å²) in [6, 6.07) is 6.65. The maximum absolute atomic E-state index is 12.9. The van der Waals surface area contributed by atoms with Gasteiger partial charge in [-0.3, -0.25) is 15.0 Å². The van der Waals surface area contributed by atoms with E-state index in [2.05, 4.69) is 5.10 Å². The first-order valence-corrected chi connectivity index (χ1v) is 9.08. The smallest absolute Gasteiger partial charge is 0.268 e. The Kier molecular flexibility index (Phi) is 7.63. The molecule has 0 atom stereocenters. The van der Waals surface area contributed by atoms with Gasteiger partial charge in [0.05, 0.1) is 27.6 Å². The van der Waals surface area contributed by atoms with Crippen LogP contribution in [0, 0.1) is 21.4 Å². The van der Waals surface area contributed by atoms with Gasteiger partial charge in [-0.05, 0) is 24.3 Å². The zero-order valence-corrected chi connectivity index (χ0v) is 17.7. The second kappa shape index (κ2) is 9.82. The lowest BCUT2D eigenvalue weighted by molar-refractivity contribution is -0.384. The Morgan fingerprint density at radius 3 is 2.16 bits per heavy atom. The Labute approximate surface area is 188 Å². The van der Waals surface area contributed by atoms with Gasteiger partial charge in [-0.25, -0.2) is 9.80 Å². The number of hydrogen-bond donors (Lipinski definition) is 0. The number of nitriles is 1. The number of hydroxylamine groups is 1. The van der Waals surface area contributed by atoms with Crippen LogP contribution in [0.5, 0.6) is 0 Å². The van der Waals surface area contributed by atoms with Crippen molar-refractivity contribution in [3.05, 3.63) is 67.7 Å². The second-order valence-electron chi connectivity index (χ2n) is 5.93. The van der Waals surface area contributed by atoms with Gasteiger partial charge in [0.25, 0.3) is 5.69 Å². The van der Waals surface area contributed by atoms with Gasteiger partial charge in [0, 0.05) is 24.7 Å². The zero-order chi connectivity index (χ0) is 24.2. The standard InChI is InChI=1S/C18H12Cl2F3N5O4/c1-26(25-15(9-24)10-3-5-12(6-4-10)28(30)31)17(29)27(32-2)16-13(19)7-11(8-14(16)20)18(21,22)23/h3-8H,1-2H3. The number of halogens is 5. The first-order chi connectivity index (χ1) is 14.9. The van der Waals surface area contributed by atoms with Crippen LogP contribution in [0.25, 0.3) is 0 Å². The van der Waals surface area contributed by atoms with Crippen LogP contribution >= 0.6 is 23.2 Å². The number of amides is 2. The fraction of sp³-hybridized carbons (Fsp3) is 0.167. The number of carbonyl (C=O) groups excluding carboxylic acids is 1. The van der Waals surface area contributed by atoms with E-state index in [0.29, 0.717) is 22.2 Å². The molecule has 0 heterocycles. The molecule has 0 fully saturated rings. The number of urea groups is 1. The molecule has 2 rings (SSSR count). The SMILES string of the molecule is CON(C(=O)N(C)N=C(C#N)c1ccc([N+](=O)[O-])cc1)c1c(Cl)cc(C(F)(F)F)cc1Cl. The maximum Gasteiger partial charge on any atom is 0.416 e. The van der Waals surface area contributed by atoms with Crippen LogP contribution in [0.2, 0.25) is 10.0 Å². The Balaban J connectivity index is 2.39. The highest BCUT2D eigenvalue weighted by atomic mass is 35.5. The summed E-state index contributed by atoms with van der Waals surface area (Å²) in [7, 11) is 2.18. The number of carbonyl (C=O) groups is 1. The highest BCUT2D eigenvalue weighted by molar-refractivity contribution is 6.39. The molecule has 0 radical (unpaired) electrons. The van der Waals surface area contributed by atoms with Gasteiger partial charge in [0.2, 0.25) is 0 Å². The van der Waals surface area contributed by atoms with E-state index in [4.69, 9.17) is 28.0 Å². The minimum Gasteiger partial charge on any atom is -0.268 e. The summed E-state index contributed by atoms with van der Waals surface area (Å²) in [5.41, 5.74) is -1.82. The van der Waals surface area contributed by atoms with E-state index in [1.54, 1.807) is 6.07 Å². The molecule has 0 N–H and O–H groups in total. The number of nitro benzene ring substituents is 1. The lowest BCUT2D eigenvalue weighted by atomic mass is 10.1. The minimum atomic E-state index is -4.72. The molecule has 0 aliphatic rings. The van der Waals surface area contributed by atoms with Gasteiger partial charge < -0.3 is 0 Å². The Bertz CT molecular complexity index is 1090. The quantitative estimate of drug-likeness (QED) is 0.322. The molecule has 2 aromatic rings. The summed E-state index contributed by atoms with van der Waals surface area (Å²) < 4.78 is 38.8. The molecular weight excluding hydrogens is 478 g/mol. The van der Waals surface area contributed by atoms with E-state index >= 15 is 0 Å². The summed E-state index contributed by atoms with van der Waals surface area (Å²) in [4.78, 5) is 27.8. The molecule has 0 aromatic heterocycles. The predicted molar refractivity (Wildman–Crippen MR) is 109 cm³/mol. The highest BCUT2D eigenvalue weighted by Crippen LogP contribution is 2.40. The van der Waals surface area contributed by atoms with Crippen molar-refractivity contribution in [2.45, 2.75) is 6.18 Å². The van der Waals surface area contributed by atoms with Crippen LogP contribution in [-0.4, -0.2) is 35.8 Å². The van der Waals surface area contributed by atoms with Gasteiger partial charge in [-0.2, -0.15) is 28.6 Å². The molecule has 0 unspecified atom stereocenters. The van der Waals surface area contributed by atoms with E-state index in [1.807, 2.05) is 0 Å². The van der Waals surface area contributed by atoms with Crippen LogP contribution in [-0.2, 0) is 11.0 Å². The van der Waals surface area contributed by atoms with Crippen molar-refractivity contribution in [1.82, 2.24) is 5.01 Å². The van der Waals surface area contributed by atoms with Gasteiger partial charge in [0.15, 0.2) is 5.71 Å². The van der Waals surface area contributed by atoms with Gasteiger partial charge >= 0.3 is 12.2 Å². The second-order valence-corrected chi connectivity index (χ2v) is 6.75. The first-order valence-electron chi connectivity index (χ1n) is 8.32. The van der Waals surface area contributed by atoms with Crippen molar-refractivity contribution in [3.63, 3.8) is 0 Å². The number of benzene rings is 2. The van der Waals surface area contributed by atoms with Crippen molar-refractivity contribution < 1.29 is 27.7 Å². The third-order valence-corrected chi connectivity index (χ3v) is 4.46. The molecule has 0 bridgehead atoms. The molecular formula is C18H12Cl2F3N5O4. The third kappa shape index (κ3) is 5.44. The van der Waals surface area contributed by atoms with Crippen molar-refractivity contribution in [1.29, 1.82) is 5.26 Å². The number of nitrogens with zero attached hydrogens (tertiary/aromatic N) is 5. The fourth-order valence-corrected chi connectivity index (χ4v) is 3.04. The molecule has 0 aliphatic heterocycles. The summed E-state index contributed by atoms with van der Waals surface area (Å²) in [6.07, 6.45) is -4.72. The van der Waals surface area contributed by atoms with Gasteiger partial charge in [-0.1, -0.05) is 23.2 Å². The van der Waals surface area contributed by atoms with Crippen molar-refractivity contribution >= 4 is 46.3 Å². The molecule has 0 saturated carbocycles. The summed E-state index contributed by atoms with van der Waals surface area (Å²) in [5.74, 6) is 0. The van der Waals surface area contributed by atoms with Crippen LogP contribution in [0.4, 0.5) is 29.3 Å². The average molecular weight is 490 g/mol. The lowest BCUT2D eigenvalue weighted by Crippen LogP contribution is -2.39. The Morgan fingerprint density at radius 1 is 1.22 bits per heavy atom. The van der Waals surface area contributed by atoms with Crippen LogP contribution in [0.3, 0.4) is 0 Å². The van der Waals surface area contributed by atoms with E-state index in [1.165, 1.54) is 12.1 Å². The largest absolute Gasteiger partial charge is 0.416 e. The van der Waals surface area contributed by atoms with E-state index in [0.717, 1.165) is 26.3 Å². The van der Waals surface area contributed by atoms with Gasteiger partial charge in [-0.15, -0.1) is 0 Å². The molecule has 14 heteroatoms. The molecule has 168 valence electrons. The fourth-order valence-electron chi connectivity index (χ4n) is 2.40. The molecule has 2 amide bonds. The molecule has 0 aliphatic carbocycles. The number of hydrazone groups is 1. The monoisotopic (exact) mass is 489 g/mol. The molecule has 9 nitrogen and oxygen atoms in total. The normalized spacial score (nSPS) is 11.6. The van der Waals surface area contributed by atoms with Crippen LogP contribution < -0.4 is 5.06 Å². The number of non-ortho nitro benzene ring substituents is 1. The molecule has 32 heavy (non-hydrogen) atoms. The molecule has 0 saturated heterocycles. The summed E-state index contributed by atoms with van der Waals surface area (Å²) in [5, 5.41) is 24.0. The summed E-state index contributed by atoms with van der Waals surface area (Å²) >= 11 is 11.8. The van der Waals surface area contributed by atoms with E-state index in [9.17, 15) is 33.3 Å². The van der Waals surface area contributed by atoms with Gasteiger partial charge in [0.1, 0.15) is 11.8 Å². The van der Waals surface area contributed by atoms with Crippen LogP contribution in [0.15, 0.2) is 41.5 Å². The minimum absolute atomic E-state index is 0.173. The summed E-state index contributed by atoms with van der Waals surface area (Å²) in [6.45, 7) is 0. The van der Waals surface area contributed by atoms with Crippen molar-refractivity contribution in [2.24, 2.45) is 5.10 Å². The van der Waals surface area contributed by atoms with Crippen molar-refractivity contribution in [3.8, 4) is 6.07 Å². The number of anilines is 1. The van der Waals surface area contributed by atoms with E-state index in [-0.39, 0.29) is 22.6 Å². The maximum atomic E-state index is 12.9. The van der Waals surface area contributed by atoms with Crippen LogP contribution in [0.1, 0.15) is 11.1 Å². The number of rotatable bonds is 5. The number of hydrogen-bond acceptors (Lipinski definition) is 6. The lowest BCUT2D eigenvalue weighted by Gasteiger charge is -2.25. The topological polar surface area (TPSA) is 112 Å². The molecule has 2 aromatic carbocycles. The van der Waals surface area contributed by atoms with E-state index < -0.39 is 32.7 Å². The zero-order valence-electron chi connectivity index (χ0n) is 16.2. The Morgan fingerprint density at radius 2 is 1.75 bits per heavy atom. The number of alkyl halides is 3. The van der Waals surface area contributed by atoms with Crippen molar-refractivity contribution in [2.75, 3.05) is 19.2 Å².